The predicted octanol–water partition coefficient (Wildman–Crippen LogP) is 4.18. The normalized spacial score (nSPS) is 12.8. The second-order valence-corrected chi connectivity index (χ2v) is 6.16. The lowest BCUT2D eigenvalue weighted by Gasteiger charge is -2.12. The Balaban J connectivity index is 2.42. The molecule has 0 aromatic heterocycles. The summed E-state index contributed by atoms with van der Waals surface area (Å²) in [5, 5.41) is 12.0. The Morgan fingerprint density at radius 2 is 1.74 bits per heavy atom. The highest BCUT2D eigenvalue weighted by Crippen LogP contribution is 2.53. The van der Waals surface area contributed by atoms with Crippen molar-refractivity contribution >= 4 is 24.4 Å². The highest BCUT2D eigenvalue weighted by molar-refractivity contribution is 7.58. The van der Waals surface area contributed by atoms with Gasteiger partial charge in [-0.1, -0.05) is 36.4 Å². The maximum absolute atomic E-state index is 12.0. The summed E-state index contributed by atoms with van der Waals surface area (Å²) in [7, 11) is -1.12. The Morgan fingerprint density at radius 3 is 2.37 bits per heavy atom. The molecule has 0 unspecified atom stereocenters. The van der Waals surface area contributed by atoms with E-state index in [1.165, 1.54) is 20.3 Å². The SMILES string of the molecule is COP(=O)(OC)C(O)=Cc1ccc2ccccc2c1. The third-order valence-corrected chi connectivity index (χ3v) is 4.48. The molecule has 2 aromatic rings. The molecule has 0 radical (unpaired) electrons. The van der Waals surface area contributed by atoms with Crippen molar-refractivity contribution in [3.8, 4) is 0 Å². The molecule has 0 saturated carbocycles. The van der Waals surface area contributed by atoms with E-state index in [0.29, 0.717) is 0 Å². The van der Waals surface area contributed by atoms with Crippen LogP contribution in [0.15, 0.2) is 48.0 Å². The van der Waals surface area contributed by atoms with Gasteiger partial charge in [-0.3, -0.25) is 4.57 Å². The van der Waals surface area contributed by atoms with E-state index in [1.807, 2.05) is 42.5 Å². The van der Waals surface area contributed by atoms with E-state index in [1.54, 1.807) is 0 Å². The van der Waals surface area contributed by atoms with Crippen molar-refractivity contribution in [3.63, 3.8) is 0 Å². The molecule has 2 aromatic carbocycles. The Bertz CT molecular complexity index is 655. The molecule has 0 aliphatic carbocycles. The van der Waals surface area contributed by atoms with E-state index >= 15 is 0 Å². The van der Waals surface area contributed by atoms with E-state index in [2.05, 4.69) is 0 Å². The summed E-state index contributed by atoms with van der Waals surface area (Å²) >= 11 is 0. The molecule has 1 N–H and O–H groups in total. The molecule has 0 bridgehead atoms. The van der Waals surface area contributed by atoms with Crippen molar-refractivity contribution in [2.24, 2.45) is 0 Å². The first-order chi connectivity index (χ1) is 9.09. The summed E-state index contributed by atoms with van der Waals surface area (Å²) in [6.07, 6.45) is 1.39. The number of hydrogen-bond donors (Lipinski definition) is 1. The topological polar surface area (TPSA) is 55.8 Å². The number of aliphatic hydroxyl groups excluding tert-OH is 1. The Hall–Kier alpha value is -1.61. The van der Waals surface area contributed by atoms with Crippen LogP contribution < -0.4 is 0 Å². The fourth-order valence-electron chi connectivity index (χ4n) is 1.79. The molecule has 0 atom stereocenters. The van der Waals surface area contributed by atoms with Crippen molar-refractivity contribution < 1.29 is 18.7 Å². The lowest BCUT2D eigenvalue weighted by molar-refractivity contribution is 0.262. The van der Waals surface area contributed by atoms with Gasteiger partial charge < -0.3 is 14.2 Å². The number of rotatable bonds is 4. The van der Waals surface area contributed by atoms with E-state index in [4.69, 9.17) is 9.05 Å². The Kier molecular flexibility index (Phi) is 4.05. The van der Waals surface area contributed by atoms with Crippen LogP contribution in [0.5, 0.6) is 0 Å². The smallest absolute Gasteiger partial charge is 0.394 e. The number of fused-ring (bicyclic) bond motifs is 1. The first-order valence-corrected chi connectivity index (χ1v) is 7.25. The monoisotopic (exact) mass is 278 g/mol. The van der Waals surface area contributed by atoms with Gasteiger partial charge in [0, 0.05) is 14.2 Å². The standard InChI is InChI=1S/C14H15O4P/c1-17-19(16,18-2)14(15)10-11-7-8-12-5-3-4-6-13(12)9-11/h3-10,15H,1-2H3. The molecular weight excluding hydrogens is 263 g/mol. The maximum atomic E-state index is 12.0. The lowest BCUT2D eigenvalue weighted by atomic mass is 10.1. The van der Waals surface area contributed by atoms with Crippen LogP contribution in [0.4, 0.5) is 0 Å². The van der Waals surface area contributed by atoms with Gasteiger partial charge in [-0.05, 0) is 28.5 Å². The van der Waals surface area contributed by atoms with E-state index in [-0.39, 0.29) is 0 Å². The molecule has 0 fully saturated rings. The third kappa shape index (κ3) is 2.87. The van der Waals surface area contributed by atoms with Gasteiger partial charge in [0.05, 0.1) is 0 Å². The van der Waals surface area contributed by atoms with Crippen LogP contribution in [-0.2, 0) is 13.6 Å². The molecule has 4 nitrogen and oxygen atoms in total. The van der Waals surface area contributed by atoms with Crippen LogP contribution in [0.25, 0.3) is 16.8 Å². The largest absolute Gasteiger partial charge is 0.501 e. The zero-order valence-corrected chi connectivity index (χ0v) is 11.6. The molecule has 0 amide bonds. The third-order valence-electron chi connectivity index (χ3n) is 2.83. The van der Waals surface area contributed by atoms with Crippen LogP contribution in [0.1, 0.15) is 5.56 Å². The van der Waals surface area contributed by atoms with Gasteiger partial charge in [0.1, 0.15) is 0 Å². The lowest BCUT2D eigenvalue weighted by Crippen LogP contribution is -1.92. The summed E-state index contributed by atoms with van der Waals surface area (Å²) in [5.74, 6) is 0. The molecule has 100 valence electrons. The summed E-state index contributed by atoms with van der Waals surface area (Å²) in [5.41, 5.74) is 0.318. The predicted molar refractivity (Wildman–Crippen MR) is 76.2 cm³/mol. The zero-order valence-electron chi connectivity index (χ0n) is 10.7. The van der Waals surface area contributed by atoms with Gasteiger partial charge in [0.2, 0.25) is 5.50 Å². The number of aliphatic hydroxyl groups is 1. The van der Waals surface area contributed by atoms with Crippen molar-refractivity contribution in [1.82, 2.24) is 0 Å². The van der Waals surface area contributed by atoms with Crippen LogP contribution in [0.3, 0.4) is 0 Å². The van der Waals surface area contributed by atoms with Crippen molar-refractivity contribution in [3.05, 3.63) is 53.5 Å². The molecule has 0 heterocycles. The first-order valence-electron chi connectivity index (χ1n) is 5.70. The number of benzene rings is 2. The summed E-state index contributed by atoms with van der Waals surface area (Å²) in [6, 6.07) is 13.5. The molecular formula is C14H15O4P. The average Bonchev–Trinajstić information content (AvgIpc) is 2.46. The average molecular weight is 278 g/mol. The maximum Gasteiger partial charge on any atom is 0.394 e. The van der Waals surface area contributed by atoms with Gasteiger partial charge >= 0.3 is 7.60 Å². The second-order valence-electron chi connectivity index (χ2n) is 3.97. The van der Waals surface area contributed by atoms with Crippen LogP contribution in [0, 0.1) is 0 Å². The van der Waals surface area contributed by atoms with E-state index < -0.39 is 13.1 Å². The summed E-state index contributed by atoms with van der Waals surface area (Å²) < 4.78 is 21.4. The molecule has 19 heavy (non-hydrogen) atoms. The fraction of sp³-hybridized carbons (Fsp3) is 0.143. The molecule has 2 rings (SSSR count). The minimum absolute atomic E-state index is 0.409. The van der Waals surface area contributed by atoms with Gasteiger partial charge in [-0.15, -0.1) is 0 Å². The van der Waals surface area contributed by atoms with Crippen LogP contribution >= 0.6 is 7.60 Å². The Morgan fingerprint density at radius 1 is 1.11 bits per heavy atom. The quantitative estimate of drug-likeness (QED) is 0.673. The minimum Gasteiger partial charge on any atom is -0.501 e. The molecule has 0 aliphatic rings. The zero-order chi connectivity index (χ0) is 13.9. The van der Waals surface area contributed by atoms with Crippen LogP contribution in [-0.4, -0.2) is 19.3 Å². The van der Waals surface area contributed by atoms with Gasteiger partial charge in [-0.2, -0.15) is 0 Å². The minimum atomic E-state index is -3.58. The molecule has 0 saturated heterocycles. The van der Waals surface area contributed by atoms with E-state index in [0.717, 1.165) is 16.3 Å². The van der Waals surface area contributed by atoms with Crippen LogP contribution in [0.2, 0.25) is 0 Å². The van der Waals surface area contributed by atoms with Gasteiger partial charge in [0.15, 0.2) is 0 Å². The van der Waals surface area contributed by atoms with Crippen molar-refractivity contribution in [2.45, 2.75) is 0 Å². The van der Waals surface area contributed by atoms with E-state index in [9.17, 15) is 9.67 Å². The number of hydrogen-bond acceptors (Lipinski definition) is 4. The van der Waals surface area contributed by atoms with Crippen molar-refractivity contribution in [2.75, 3.05) is 14.2 Å². The molecule has 0 spiro atoms. The van der Waals surface area contributed by atoms with Crippen molar-refractivity contribution in [1.29, 1.82) is 0 Å². The van der Waals surface area contributed by atoms with Gasteiger partial charge in [-0.25, -0.2) is 0 Å². The highest BCUT2D eigenvalue weighted by Gasteiger charge is 2.27. The first kappa shape index (κ1) is 13.8. The molecule has 5 heteroatoms. The Labute approximate surface area is 111 Å². The fourth-order valence-corrected chi connectivity index (χ4v) is 2.62. The summed E-state index contributed by atoms with van der Waals surface area (Å²) in [4.78, 5) is 0. The second kappa shape index (κ2) is 5.57. The molecule has 0 aliphatic heterocycles. The van der Waals surface area contributed by atoms with Gasteiger partial charge in [0.25, 0.3) is 0 Å². The summed E-state index contributed by atoms with van der Waals surface area (Å²) in [6.45, 7) is 0. The highest BCUT2D eigenvalue weighted by atomic mass is 31.2.